The molecule has 0 fully saturated rings. The average molecular weight is 420 g/mol. The third-order valence-corrected chi connectivity index (χ3v) is 5.09. The summed E-state index contributed by atoms with van der Waals surface area (Å²) < 4.78 is 2.96. The summed E-state index contributed by atoms with van der Waals surface area (Å²) in [5.74, 6) is -0.131. The van der Waals surface area contributed by atoms with Gasteiger partial charge in [-0.25, -0.2) is 4.98 Å². The second-order valence-electron chi connectivity index (χ2n) is 6.54. The lowest BCUT2D eigenvalue weighted by Crippen LogP contribution is -2.12. The van der Waals surface area contributed by atoms with Gasteiger partial charge in [-0.2, -0.15) is 0 Å². The number of amides is 1. The van der Waals surface area contributed by atoms with Crippen molar-refractivity contribution in [3.63, 3.8) is 0 Å². The van der Waals surface area contributed by atoms with Gasteiger partial charge < -0.3 is 9.72 Å². The Balaban J connectivity index is 1.67. The molecule has 0 saturated heterocycles. The molecule has 0 atom stereocenters. The largest absolute Gasteiger partial charge is 0.322 e. The van der Waals surface area contributed by atoms with Crippen molar-refractivity contribution in [2.45, 2.75) is 13.8 Å². The second kappa shape index (κ2) is 7.00. The summed E-state index contributed by atoms with van der Waals surface area (Å²) in [5, 5.41) is 3.01. The summed E-state index contributed by atoms with van der Waals surface area (Å²) in [4.78, 5) is 17.3. The Bertz CT molecular complexity index is 1150. The fourth-order valence-corrected chi connectivity index (χ4v) is 3.27. The predicted molar refractivity (Wildman–Crippen MR) is 112 cm³/mol. The van der Waals surface area contributed by atoms with Gasteiger partial charge in [0, 0.05) is 33.7 Å². The van der Waals surface area contributed by atoms with Crippen molar-refractivity contribution in [2.24, 2.45) is 0 Å². The molecule has 0 bridgehead atoms. The van der Waals surface area contributed by atoms with Gasteiger partial charge in [-0.1, -0.05) is 34.1 Å². The first-order chi connectivity index (χ1) is 13.0. The summed E-state index contributed by atoms with van der Waals surface area (Å²) in [7, 11) is 0. The van der Waals surface area contributed by atoms with Crippen LogP contribution in [0.25, 0.3) is 16.9 Å². The number of anilines is 1. The van der Waals surface area contributed by atoms with E-state index in [9.17, 15) is 4.79 Å². The van der Waals surface area contributed by atoms with Gasteiger partial charge in [-0.15, -0.1) is 0 Å². The van der Waals surface area contributed by atoms with E-state index in [-0.39, 0.29) is 5.91 Å². The van der Waals surface area contributed by atoms with Crippen LogP contribution >= 0.6 is 15.9 Å². The Morgan fingerprint density at radius 1 is 1.04 bits per heavy atom. The normalized spacial score (nSPS) is 10.9. The molecule has 4 rings (SSSR count). The molecule has 2 aromatic heterocycles. The molecule has 0 unspecified atom stereocenters. The molecule has 1 N–H and O–H groups in total. The van der Waals surface area contributed by atoms with Crippen LogP contribution in [0.15, 0.2) is 71.5 Å². The Kier molecular flexibility index (Phi) is 4.54. The van der Waals surface area contributed by atoms with Crippen LogP contribution in [0, 0.1) is 13.8 Å². The first-order valence-corrected chi connectivity index (χ1v) is 9.43. The minimum absolute atomic E-state index is 0.131. The molecule has 0 aliphatic heterocycles. The molecule has 0 saturated carbocycles. The molecule has 0 spiro atoms. The van der Waals surface area contributed by atoms with Crippen LogP contribution in [-0.2, 0) is 0 Å². The smallest absolute Gasteiger partial charge is 0.255 e. The van der Waals surface area contributed by atoms with E-state index in [4.69, 9.17) is 4.98 Å². The highest BCUT2D eigenvalue weighted by Crippen LogP contribution is 2.26. The quantitative estimate of drug-likeness (QED) is 0.467. The van der Waals surface area contributed by atoms with Crippen molar-refractivity contribution < 1.29 is 4.79 Å². The van der Waals surface area contributed by atoms with Crippen molar-refractivity contribution in [1.82, 2.24) is 9.38 Å². The molecule has 27 heavy (non-hydrogen) atoms. The minimum atomic E-state index is -0.131. The van der Waals surface area contributed by atoms with Crippen LogP contribution in [0.4, 0.5) is 5.69 Å². The van der Waals surface area contributed by atoms with E-state index in [2.05, 4.69) is 21.2 Å². The van der Waals surface area contributed by atoms with Crippen LogP contribution in [0.1, 0.15) is 21.5 Å². The van der Waals surface area contributed by atoms with Crippen molar-refractivity contribution in [1.29, 1.82) is 0 Å². The third kappa shape index (κ3) is 3.51. The van der Waals surface area contributed by atoms with Crippen molar-refractivity contribution >= 4 is 33.2 Å². The van der Waals surface area contributed by atoms with E-state index in [0.717, 1.165) is 38.2 Å². The summed E-state index contributed by atoms with van der Waals surface area (Å²) >= 11 is 3.39. The summed E-state index contributed by atoms with van der Waals surface area (Å²) in [6, 6.07) is 17.4. The molecule has 134 valence electrons. The van der Waals surface area contributed by atoms with Crippen LogP contribution in [-0.4, -0.2) is 15.3 Å². The molecule has 0 radical (unpaired) electrons. The molecule has 2 aromatic carbocycles. The number of aromatic nitrogens is 2. The minimum Gasteiger partial charge on any atom is -0.322 e. The van der Waals surface area contributed by atoms with E-state index in [1.54, 1.807) is 12.1 Å². The lowest BCUT2D eigenvalue weighted by atomic mass is 10.1. The monoisotopic (exact) mass is 419 g/mol. The SMILES string of the molecule is Cc1ccc(-c2cn3cccc(C)c3n2)cc1NC(=O)c1ccc(Br)cc1. The molecule has 4 aromatic rings. The van der Waals surface area contributed by atoms with Gasteiger partial charge >= 0.3 is 0 Å². The van der Waals surface area contributed by atoms with Crippen molar-refractivity contribution in [3.05, 3.63) is 88.2 Å². The number of hydrogen-bond acceptors (Lipinski definition) is 2. The van der Waals surface area contributed by atoms with Gasteiger partial charge in [0.05, 0.1) is 5.69 Å². The van der Waals surface area contributed by atoms with Gasteiger partial charge in [-0.05, 0) is 61.4 Å². The van der Waals surface area contributed by atoms with Crippen molar-refractivity contribution in [2.75, 3.05) is 5.32 Å². The number of carbonyl (C=O) groups is 1. The standard InChI is InChI=1S/C22H18BrN3O/c1-14-5-6-17(20-13-26-11-3-4-15(2)21(26)24-20)12-19(14)25-22(27)16-7-9-18(23)10-8-16/h3-13H,1-2H3,(H,25,27). The third-order valence-electron chi connectivity index (χ3n) is 4.57. The zero-order valence-electron chi connectivity index (χ0n) is 15.0. The van der Waals surface area contributed by atoms with E-state index in [1.807, 2.05) is 73.1 Å². The first-order valence-electron chi connectivity index (χ1n) is 8.63. The van der Waals surface area contributed by atoms with Gasteiger partial charge in [0.25, 0.3) is 5.91 Å². The first kappa shape index (κ1) is 17.5. The molecule has 0 aliphatic rings. The molecule has 2 heterocycles. The summed E-state index contributed by atoms with van der Waals surface area (Å²) in [6.45, 7) is 4.03. The zero-order chi connectivity index (χ0) is 19.0. The lowest BCUT2D eigenvalue weighted by molar-refractivity contribution is 0.102. The van der Waals surface area contributed by atoms with Crippen LogP contribution in [0.3, 0.4) is 0 Å². The maximum Gasteiger partial charge on any atom is 0.255 e. The summed E-state index contributed by atoms with van der Waals surface area (Å²) in [6.07, 6.45) is 4.00. The van der Waals surface area contributed by atoms with Crippen LogP contribution in [0.2, 0.25) is 0 Å². The molecule has 0 aliphatic carbocycles. The van der Waals surface area contributed by atoms with E-state index in [1.165, 1.54) is 0 Å². The fourth-order valence-electron chi connectivity index (χ4n) is 3.00. The number of halogens is 1. The molecular weight excluding hydrogens is 402 g/mol. The van der Waals surface area contributed by atoms with Gasteiger partial charge in [0.15, 0.2) is 0 Å². The Morgan fingerprint density at radius 2 is 1.81 bits per heavy atom. The van der Waals surface area contributed by atoms with E-state index >= 15 is 0 Å². The number of hydrogen-bond donors (Lipinski definition) is 1. The Labute approximate surface area is 166 Å². The maximum absolute atomic E-state index is 12.6. The number of nitrogens with one attached hydrogen (secondary N) is 1. The number of aryl methyl sites for hydroxylation is 2. The molecule has 5 heteroatoms. The van der Waals surface area contributed by atoms with Gasteiger partial charge in [-0.3, -0.25) is 4.79 Å². The van der Waals surface area contributed by atoms with Crippen LogP contribution < -0.4 is 5.32 Å². The maximum atomic E-state index is 12.6. The summed E-state index contributed by atoms with van der Waals surface area (Å²) in [5.41, 5.74) is 6.32. The zero-order valence-corrected chi connectivity index (χ0v) is 16.6. The number of nitrogens with zero attached hydrogens (tertiary/aromatic N) is 2. The number of pyridine rings is 1. The van der Waals surface area contributed by atoms with E-state index < -0.39 is 0 Å². The number of benzene rings is 2. The predicted octanol–water partition coefficient (Wildman–Crippen LogP) is 5.63. The number of imidazole rings is 1. The highest BCUT2D eigenvalue weighted by Gasteiger charge is 2.11. The Hall–Kier alpha value is -2.92. The number of rotatable bonds is 3. The number of carbonyl (C=O) groups excluding carboxylic acids is 1. The molecule has 4 nitrogen and oxygen atoms in total. The van der Waals surface area contributed by atoms with Gasteiger partial charge in [0.1, 0.15) is 5.65 Å². The Morgan fingerprint density at radius 3 is 2.56 bits per heavy atom. The van der Waals surface area contributed by atoms with Crippen molar-refractivity contribution in [3.8, 4) is 11.3 Å². The molecule has 1 amide bonds. The fraction of sp³-hybridized carbons (Fsp3) is 0.0909. The van der Waals surface area contributed by atoms with E-state index in [0.29, 0.717) is 5.56 Å². The second-order valence-corrected chi connectivity index (χ2v) is 7.45. The lowest BCUT2D eigenvalue weighted by Gasteiger charge is -2.10. The average Bonchev–Trinajstić information content (AvgIpc) is 3.10. The van der Waals surface area contributed by atoms with Crippen LogP contribution in [0.5, 0.6) is 0 Å². The highest BCUT2D eigenvalue weighted by atomic mass is 79.9. The topological polar surface area (TPSA) is 46.4 Å². The number of fused-ring (bicyclic) bond motifs is 1. The molecular formula is C22H18BrN3O. The van der Waals surface area contributed by atoms with Gasteiger partial charge in [0.2, 0.25) is 0 Å². The highest BCUT2D eigenvalue weighted by molar-refractivity contribution is 9.10.